The predicted molar refractivity (Wildman–Crippen MR) is 77.5 cm³/mol. The highest BCUT2D eigenvalue weighted by Gasteiger charge is 2.11. The van der Waals surface area contributed by atoms with Crippen molar-refractivity contribution in [3.63, 3.8) is 0 Å². The van der Waals surface area contributed by atoms with Gasteiger partial charge in [0, 0.05) is 13.1 Å². The van der Waals surface area contributed by atoms with Crippen molar-refractivity contribution in [2.75, 3.05) is 38.3 Å². The highest BCUT2D eigenvalue weighted by Crippen LogP contribution is 2.20. The van der Waals surface area contributed by atoms with E-state index in [-0.39, 0.29) is 0 Å². The quantitative estimate of drug-likeness (QED) is 0.725. The van der Waals surface area contributed by atoms with Gasteiger partial charge in [0.2, 0.25) is 5.95 Å². The second kappa shape index (κ2) is 5.83. The fourth-order valence-electron chi connectivity index (χ4n) is 1.81. The number of nitrogens with zero attached hydrogens (tertiary/aromatic N) is 4. The van der Waals surface area contributed by atoms with Gasteiger partial charge in [0.05, 0.1) is 11.6 Å². The first-order valence-corrected chi connectivity index (χ1v) is 6.40. The Morgan fingerprint density at radius 3 is 2.84 bits per heavy atom. The van der Waals surface area contributed by atoms with Crippen molar-refractivity contribution < 1.29 is 0 Å². The van der Waals surface area contributed by atoms with Gasteiger partial charge < -0.3 is 15.5 Å². The fourth-order valence-corrected chi connectivity index (χ4v) is 1.81. The van der Waals surface area contributed by atoms with Crippen molar-refractivity contribution in [3.8, 4) is 0 Å². The zero-order valence-electron chi connectivity index (χ0n) is 11.9. The lowest BCUT2D eigenvalue weighted by Gasteiger charge is -2.17. The third-order valence-corrected chi connectivity index (χ3v) is 2.93. The smallest absolute Gasteiger partial charge is 0.226 e. The SMILES string of the molecule is CNc1nc(NC(C)CCN(C)C)c2cn[nH]c2n1. The molecule has 0 radical (unpaired) electrons. The standard InChI is InChI=1S/C12H21N7/c1-8(5-6-19(3)4)15-10-9-7-14-18-11(9)17-12(13-2)16-10/h7-8H,5-6H2,1-4H3,(H3,13,14,15,16,17,18). The maximum atomic E-state index is 4.45. The van der Waals surface area contributed by atoms with E-state index in [0.29, 0.717) is 12.0 Å². The molecule has 3 N–H and O–H groups in total. The van der Waals surface area contributed by atoms with Crippen LogP contribution in [0.25, 0.3) is 11.0 Å². The van der Waals surface area contributed by atoms with Gasteiger partial charge in [-0.05, 0) is 34.0 Å². The average molecular weight is 263 g/mol. The molecule has 1 atom stereocenters. The summed E-state index contributed by atoms with van der Waals surface area (Å²) >= 11 is 0. The zero-order valence-corrected chi connectivity index (χ0v) is 11.9. The monoisotopic (exact) mass is 263 g/mol. The van der Waals surface area contributed by atoms with Gasteiger partial charge in [0.1, 0.15) is 5.82 Å². The number of aromatic nitrogens is 4. The van der Waals surface area contributed by atoms with Crippen LogP contribution >= 0.6 is 0 Å². The first-order valence-electron chi connectivity index (χ1n) is 6.40. The van der Waals surface area contributed by atoms with Crippen LogP contribution in [0.4, 0.5) is 11.8 Å². The molecule has 2 heterocycles. The minimum Gasteiger partial charge on any atom is -0.367 e. The molecule has 0 spiro atoms. The molecule has 0 amide bonds. The van der Waals surface area contributed by atoms with E-state index in [2.05, 4.69) is 56.7 Å². The molecule has 0 saturated heterocycles. The number of anilines is 2. The Kier molecular flexibility index (Phi) is 4.16. The first-order chi connectivity index (χ1) is 9.10. The number of nitrogens with one attached hydrogen (secondary N) is 3. The lowest BCUT2D eigenvalue weighted by atomic mass is 10.2. The summed E-state index contributed by atoms with van der Waals surface area (Å²) in [5.41, 5.74) is 0.738. The van der Waals surface area contributed by atoms with Crippen LogP contribution in [0.3, 0.4) is 0 Å². The zero-order chi connectivity index (χ0) is 13.8. The number of fused-ring (bicyclic) bond motifs is 1. The van der Waals surface area contributed by atoms with Crippen molar-refractivity contribution in [1.29, 1.82) is 0 Å². The normalized spacial score (nSPS) is 12.9. The van der Waals surface area contributed by atoms with Gasteiger partial charge in [0.15, 0.2) is 5.65 Å². The lowest BCUT2D eigenvalue weighted by molar-refractivity contribution is 0.390. The van der Waals surface area contributed by atoms with E-state index >= 15 is 0 Å². The molecule has 7 nitrogen and oxygen atoms in total. The molecule has 104 valence electrons. The van der Waals surface area contributed by atoms with Crippen LogP contribution in [0.2, 0.25) is 0 Å². The molecule has 0 saturated carbocycles. The van der Waals surface area contributed by atoms with Gasteiger partial charge in [-0.3, -0.25) is 5.10 Å². The van der Waals surface area contributed by atoms with Crippen LogP contribution in [0.1, 0.15) is 13.3 Å². The Bertz CT molecular complexity index is 534. The lowest BCUT2D eigenvalue weighted by Crippen LogP contribution is -2.23. The largest absolute Gasteiger partial charge is 0.367 e. The molecular formula is C12H21N7. The minimum atomic E-state index is 0.333. The van der Waals surface area contributed by atoms with Crippen molar-refractivity contribution in [1.82, 2.24) is 25.1 Å². The Balaban J connectivity index is 2.16. The summed E-state index contributed by atoms with van der Waals surface area (Å²) in [5, 5.41) is 14.2. The van der Waals surface area contributed by atoms with Crippen LogP contribution in [-0.2, 0) is 0 Å². The van der Waals surface area contributed by atoms with Crippen molar-refractivity contribution >= 4 is 22.8 Å². The summed E-state index contributed by atoms with van der Waals surface area (Å²) in [6, 6.07) is 0.333. The molecule has 0 bridgehead atoms. The molecule has 19 heavy (non-hydrogen) atoms. The Hall–Kier alpha value is -1.89. The van der Waals surface area contributed by atoms with E-state index in [0.717, 1.165) is 29.8 Å². The fraction of sp³-hybridized carbons (Fsp3) is 0.583. The maximum absolute atomic E-state index is 4.45. The van der Waals surface area contributed by atoms with E-state index in [1.54, 1.807) is 13.2 Å². The molecule has 0 aliphatic heterocycles. The van der Waals surface area contributed by atoms with Gasteiger partial charge in [-0.2, -0.15) is 15.1 Å². The third kappa shape index (κ3) is 3.31. The minimum absolute atomic E-state index is 0.333. The van der Waals surface area contributed by atoms with Crippen LogP contribution in [0.15, 0.2) is 6.20 Å². The summed E-state index contributed by atoms with van der Waals surface area (Å²) in [5.74, 6) is 1.40. The molecule has 2 rings (SSSR count). The van der Waals surface area contributed by atoms with Crippen LogP contribution in [-0.4, -0.2) is 58.8 Å². The summed E-state index contributed by atoms with van der Waals surface area (Å²) < 4.78 is 0. The maximum Gasteiger partial charge on any atom is 0.226 e. The van der Waals surface area contributed by atoms with E-state index in [1.807, 2.05) is 0 Å². The van der Waals surface area contributed by atoms with Crippen molar-refractivity contribution in [2.24, 2.45) is 0 Å². The van der Waals surface area contributed by atoms with Crippen molar-refractivity contribution in [2.45, 2.75) is 19.4 Å². The molecule has 2 aromatic rings. The van der Waals surface area contributed by atoms with Gasteiger partial charge in [0.25, 0.3) is 0 Å². The molecule has 0 fully saturated rings. The Morgan fingerprint density at radius 2 is 2.16 bits per heavy atom. The van der Waals surface area contributed by atoms with Crippen LogP contribution < -0.4 is 10.6 Å². The second-order valence-electron chi connectivity index (χ2n) is 4.92. The molecule has 2 aromatic heterocycles. The number of hydrogen-bond donors (Lipinski definition) is 3. The first kappa shape index (κ1) is 13.5. The van der Waals surface area contributed by atoms with Gasteiger partial charge in [-0.1, -0.05) is 0 Å². The molecule has 0 aliphatic carbocycles. The van der Waals surface area contributed by atoms with Gasteiger partial charge in [-0.15, -0.1) is 0 Å². The number of H-pyrrole nitrogens is 1. The summed E-state index contributed by atoms with van der Waals surface area (Å²) in [4.78, 5) is 10.9. The summed E-state index contributed by atoms with van der Waals surface area (Å²) in [6.07, 6.45) is 2.79. The van der Waals surface area contributed by atoms with E-state index in [9.17, 15) is 0 Å². The Labute approximate surface area is 112 Å². The van der Waals surface area contributed by atoms with E-state index in [4.69, 9.17) is 0 Å². The van der Waals surface area contributed by atoms with Gasteiger partial charge in [-0.25, -0.2) is 0 Å². The number of hydrogen-bond acceptors (Lipinski definition) is 6. The molecular weight excluding hydrogens is 242 g/mol. The average Bonchev–Trinajstić information content (AvgIpc) is 2.84. The summed E-state index contributed by atoms with van der Waals surface area (Å²) in [7, 11) is 5.95. The van der Waals surface area contributed by atoms with Crippen LogP contribution in [0.5, 0.6) is 0 Å². The van der Waals surface area contributed by atoms with E-state index in [1.165, 1.54) is 0 Å². The highest BCUT2D eigenvalue weighted by molar-refractivity contribution is 5.87. The van der Waals surface area contributed by atoms with E-state index < -0.39 is 0 Å². The molecule has 0 aromatic carbocycles. The summed E-state index contributed by atoms with van der Waals surface area (Å²) in [6.45, 7) is 3.18. The topological polar surface area (TPSA) is 81.8 Å². The highest BCUT2D eigenvalue weighted by atomic mass is 15.2. The number of rotatable bonds is 6. The predicted octanol–water partition coefficient (Wildman–Crippen LogP) is 1.15. The number of aromatic amines is 1. The molecule has 0 aliphatic rings. The van der Waals surface area contributed by atoms with Crippen LogP contribution in [0, 0.1) is 0 Å². The van der Waals surface area contributed by atoms with Gasteiger partial charge >= 0.3 is 0 Å². The molecule has 1 unspecified atom stereocenters. The van der Waals surface area contributed by atoms with Crippen molar-refractivity contribution in [3.05, 3.63) is 6.20 Å². The second-order valence-corrected chi connectivity index (χ2v) is 4.92. The third-order valence-electron chi connectivity index (χ3n) is 2.93. The Morgan fingerprint density at radius 1 is 1.37 bits per heavy atom. The molecule has 7 heteroatoms.